The van der Waals surface area contributed by atoms with E-state index in [4.69, 9.17) is 43.4 Å². The van der Waals surface area contributed by atoms with Crippen LogP contribution in [0.1, 0.15) is 12.5 Å². The molecule has 0 saturated carbocycles. The van der Waals surface area contributed by atoms with Crippen molar-refractivity contribution in [2.75, 3.05) is 19.0 Å². The zero-order valence-corrected chi connectivity index (χ0v) is 19.4. The van der Waals surface area contributed by atoms with Crippen LogP contribution in [0.3, 0.4) is 0 Å². The number of carbonyl (C=O) groups excluding carboxylic acids is 1. The molecule has 1 amide bonds. The monoisotopic (exact) mass is 485 g/mol. The lowest BCUT2D eigenvalue weighted by Crippen LogP contribution is -2.20. The van der Waals surface area contributed by atoms with Gasteiger partial charge in [0, 0.05) is 24.0 Å². The Hall–Kier alpha value is -3.49. The molecule has 10 heteroatoms. The molecule has 2 aromatic heterocycles. The van der Waals surface area contributed by atoms with Gasteiger partial charge in [-0.1, -0.05) is 36.2 Å². The lowest BCUT2D eigenvalue weighted by Gasteiger charge is -2.17. The Morgan fingerprint density at radius 3 is 2.64 bits per heavy atom. The van der Waals surface area contributed by atoms with Gasteiger partial charge in [-0.2, -0.15) is 0 Å². The van der Waals surface area contributed by atoms with Crippen LogP contribution in [-0.2, 0) is 11.2 Å². The van der Waals surface area contributed by atoms with Crippen molar-refractivity contribution in [3.63, 3.8) is 0 Å². The van der Waals surface area contributed by atoms with Crippen molar-refractivity contribution >= 4 is 46.4 Å². The summed E-state index contributed by atoms with van der Waals surface area (Å²) in [7, 11) is 1.56. The molecule has 0 spiro atoms. The number of para-hydroxylation sites is 1. The smallest absolute Gasteiger partial charge is 0.255 e. The third-order valence-corrected chi connectivity index (χ3v) is 5.62. The molecule has 170 valence electrons. The van der Waals surface area contributed by atoms with Crippen LogP contribution < -0.4 is 20.5 Å². The molecule has 0 unspecified atom stereocenters. The number of ether oxygens (including phenoxy) is 2. The maximum absolute atomic E-state index is 11.4. The zero-order valence-electron chi connectivity index (χ0n) is 17.9. The van der Waals surface area contributed by atoms with Crippen molar-refractivity contribution in [2.45, 2.75) is 13.3 Å². The highest BCUT2D eigenvalue weighted by molar-refractivity contribution is 6.39. The van der Waals surface area contributed by atoms with Crippen LogP contribution >= 0.6 is 23.2 Å². The number of amides is 1. The van der Waals surface area contributed by atoms with Gasteiger partial charge in [0.15, 0.2) is 6.61 Å². The highest BCUT2D eigenvalue weighted by Gasteiger charge is 2.24. The van der Waals surface area contributed by atoms with Crippen LogP contribution in [-0.4, -0.2) is 34.0 Å². The molecule has 4 rings (SSSR count). The summed E-state index contributed by atoms with van der Waals surface area (Å²) in [4.78, 5) is 20.6. The average Bonchev–Trinajstić information content (AvgIpc) is 3.17. The van der Waals surface area contributed by atoms with Crippen molar-refractivity contribution in [3.8, 4) is 22.8 Å². The second kappa shape index (κ2) is 9.56. The summed E-state index contributed by atoms with van der Waals surface area (Å²) in [5.41, 5.74) is 7.97. The van der Waals surface area contributed by atoms with Gasteiger partial charge in [0.05, 0.1) is 22.8 Å². The number of anilines is 2. The number of nitrogens with two attached hydrogens (primary N) is 1. The number of nitrogens with one attached hydrogen (secondary N) is 1. The van der Waals surface area contributed by atoms with Crippen molar-refractivity contribution in [2.24, 2.45) is 5.73 Å². The molecule has 0 fully saturated rings. The van der Waals surface area contributed by atoms with E-state index in [2.05, 4.69) is 10.3 Å². The van der Waals surface area contributed by atoms with E-state index in [0.717, 1.165) is 5.56 Å². The van der Waals surface area contributed by atoms with E-state index >= 15 is 0 Å². The fourth-order valence-electron chi connectivity index (χ4n) is 3.49. The predicted octanol–water partition coefficient (Wildman–Crippen LogP) is 4.88. The molecular weight excluding hydrogens is 465 g/mol. The Labute approximate surface area is 200 Å². The standard InChI is InChI=1S/C23H21Cl2N5O3/c1-3-13-10-14(32-2)11-17(33-12-18(26)31)19(13)21-22(30-9-5-8-27-23(30)29-21)28-20-15(24)6-4-7-16(20)25/h4-11,28H,3,12H2,1-2H3,(H2,26,31). The Kier molecular flexibility index (Phi) is 6.57. The van der Waals surface area contributed by atoms with E-state index in [1.54, 1.807) is 48.0 Å². The molecule has 2 aromatic carbocycles. The summed E-state index contributed by atoms with van der Waals surface area (Å²) >= 11 is 12.9. The summed E-state index contributed by atoms with van der Waals surface area (Å²) in [5.74, 6) is 1.43. The summed E-state index contributed by atoms with van der Waals surface area (Å²) in [6, 6.07) is 10.6. The van der Waals surface area contributed by atoms with E-state index < -0.39 is 5.91 Å². The van der Waals surface area contributed by atoms with Crippen molar-refractivity contribution in [3.05, 3.63) is 64.4 Å². The minimum Gasteiger partial charge on any atom is -0.497 e. The number of primary amides is 1. The highest BCUT2D eigenvalue weighted by Crippen LogP contribution is 2.43. The van der Waals surface area contributed by atoms with Crippen LogP contribution in [0.15, 0.2) is 48.8 Å². The van der Waals surface area contributed by atoms with Crippen LogP contribution in [0.2, 0.25) is 10.0 Å². The van der Waals surface area contributed by atoms with Gasteiger partial charge in [0.25, 0.3) is 5.91 Å². The van der Waals surface area contributed by atoms with Crippen LogP contribution in [0, 0.1) is 0 Å². The Morgan fingerprint density at radius 2 is 1.97 bits per heavy atom. The number of imidazole rings is 1. The van der Waals surface area contributed by atoms with Gasteiger partial charge in [-0.25, -0.2) is 9.97 Å². The molecule has 3 N–H and O–H groups in total. The van der Waals surface area contributed by atoms with Gasteiger partial charge in [-0.05, 0) is 36.2 Å². The molecule has 2 heterocycles. The number of methoxy groups -OCH3 is 1. The number of hydrogen-bond donors (Lipinski definition) is 2. The highest BCUT2D eigenvalue weighted by atomic mass is 35.5. The first-order valence-corrected chi connectivity index (χ1v) is 10.8. The van der Waals surface area contributed by atoms with Crippen molar-refractivity contribution < 1.29 is 14.3 Å². The van der Waals surface area contributed by atoms with Crippen LogP contribution in [0.5, 0.6) is 11.5 Å². The number of aromatic nitrogens is 3. The molecule has 0 atom stereocenters. The lowest BCUT2D eigenvalue weighted by atomic mass is 10.00. The minimum absolute atomic E-state index is 0.298. The largest absolute Gasteiger partial charge is 0.497 e. The number of halogens is 2. The predicted molar refractivity (Wildman–Crippen MR) is 129 cm³/mol. The van der Waals surface area contributed by atoms with Gasteiger partial charge < -0.3 is 20.5 Å². The Morgan fingerprint density at radius 1 is 1.21 bits per heavy atom. The first kappa shape index (κ1) is 22.7. The van der Waals surface area contributed by atoms with E-state index in [-0.39, 0.29) is 6.61 Å². The second-order valence-electron chi connectivity index (χ2n) is 7.09. The Bertz CT molecular complexity index is 1320. The van der Waals surface area contributed by atoms with E-state index in [9.17, 15) is 4.79 Å². The molecule has 33 heavy (non-hydrogen) atoms. The molecular formula is C23H21Cl2N5O3. The van der Waals surface area contributed by atoms with Crippen LogP contribution in [0.25, 0.3) is 17.0 Å². The summed E-state index contributed by atoms with van der Waals surface area (Å²) in [6.45, 7) is 1.70. The van der Waals surface area contributed by atoms with E-state index in [1.807, 2.05) is 19.2 Å². The minimum atomic E-state index is -0.598. The maximum atomic E-state index is 11.4. The van der Waals surface area contributed by atoms with E-state index in [0.29, 0.717) is 56.5 Å². The molecule has 0 aliphatic heterocycles. The summed E-state index contributed by atoms with van der Waals surface area (Å²) in [5, 5.41) is 4.22. The second-order valence-corrected chi connectivity index (χ2v) is 7.90. The van der Waals surface area contributed by atoms with Crippen molar-refractivity contribution in [1.82, 2.24) is 14.4 Å². The number of aryl methyl sites for hydroxylation is 1. The first-order valence-electron chi connectivity index (χ1n) is 10.1. The van der Waals surface area contributed by atoms with E-state index in [1.165, 1.54) is 0 Å². The zero-order chi connectivity index (χ0) is 23.5. The number of carbonyl (C=O) groups is 1. The molecule has 0 saturated heterocycles. The topological polar surface area (TPSA) is 104 Å². The fraction of sp³-hybridized carbons (Fsp3) is 0.174. The van der Waals surface area contributed by atoms with Gasteiger partial charge in [0.1, 0.15) is 23.0 Å². The third kappa shape index (κ3) is 4.53. The molecule has 0 radical (unpaired) electrons. The number of nitrogens with zero attached hydrogens (tertiary/aromatic N) is 3. The van der Waals surface area contributed by atoms with Gasteiger partial charge in [0.2, 0.25) is 5.78 Å². The maximum Gasteiger partial charge on any atom is 0.255 e. The summed E-state index contributed by atoms with van der Waals surface area (Å²) in [6.07, 6.45) is 4.12. The molecule has 4 aromatic rings. The quantitative estimate of drug-likeness (QED) is 0.368. The lowest BCUT2D eigenvalue weighted by molar-refractivity contribution is -0.119. The normalized spacial score (nSPS) is 10.9. The third-order valence-electron chi connectivity index (χ3n) is 4.99. The number of benzene rings is 2. The summed E-state index contributed by atoms with van der Waals surface area (Å²) < 4.78 is 13.0. The van der Waals surface area contributed by atoms with Crippen LogP contribution in [0.4, 0.5) is 11.5 Å². The first-order chi connectivity index (χ1) is 15.9. The molecule has 0 aliphatic rings. The number of fused-ring (bicyclic) bond motifs is 1. The SMILES string of the molecule is CCc1cc(OC)cc(OCC(N)=O)c1-c1nc2ncccn2c1Nc1c(Cl)cccc1Cl. The number of hydrogen-bond acceptors (Lipinski definition) is 6. The van der Waals surface area contributed by atoms with Gasteiger partial charge >= 0.3 is 0 Å². The fourth-order valence-corrected chi connectivity index (χ4v) is 3.98. The molecule has 0 aliphatic carbocycles. The van der Waals surface area contributed by atoms with Gasteiger partial charge in [-0.3, -0.25) is 9.20 Å². The van der Waals surface area contributed by atoms with Gasteiger partial charge in [-0.15, -0.1) is 0 Å². The van der Waals surface area contributed by atoms with Crippen molar-refractivity contribution in [1.29, 1.82) is 0 Å². The Balaban J connectivity index is 1.98. The average molecular weight is 486 g/mol. The molecule has 8 nitrogen and oxygen atoms in total. The number of rotatable bonds is 8. The molecule has 0 bridgehead atoms.